The van der Waals surface area contributed by atoms with Crippen molar-refractivity contribution in [1.82, 2.24) is 0 Å². The first-order chi connectivity index (χ1) is 9.72. The van der Waals surface area contributed by atoms with Gasteiger partial charge in [-0.2, -0.15) is 0 Å². The van der Waals surface area contributed by atoms with Crippen molar-refractivity contribution in [2.75, 3.05) is 19.8 Å². The van der Waals surface area contributed by atoms with E-state index in [1.165, 1.54) is 0 Å². The van der Waals surface area contributed by atoms with E-state index in [1.54, 1.807) is 12.1 Å². The number of hydrogen-bond donors (Lipinski definition) is 1. The molecule has 0 spiro atoms. The van der Waals surface area contributed by atoms with Crippen molar-refractivity contribution in [1.29, 1.82) is 0 Å². The molecule has 20 heavy (non-hydrogen) atoms. The zero-order valence-corrected chi connectivity index (χ0v) is 11.5. The second-order valence-corrected chi connectivity index (χ2v) is 4.40. The van der Waals surface area contributed by atoms with Gasteiger partial charge in [-0.3, -0.25) is 0 Å². The summed E-state index contributed by atoms with van der Waals surface area (Å²) < 4.78 is 10.8. The first-order valence-corrected chi connectivity index (χ1v) is 6.69. The van der Waals surface area contributed by atoms with Crippen molar-refractivity contribution in [3.05, 3.63) is 42.0 Å². The smallest absolute Gasteiger partial charge is 0.339 e. The van der Waals surface area contributed by atoms with Gasteiger partial charge in [0.2, 0.25) is 0 Å². The molecule has 0 amide bonds. The highest BCUT2D eigenvalue weighted by atomic mass is 16.5. The monoisotopic (exact) mass is 274 g/mol. The molecule has 0 atom stereocenters. The summed E-state index contributed by atoms with van der Waals surface area (Å²) in [6.07, 6.45) is 0.736. The Kier molecular flexibility index (Phi) is 4.96. The third kappa shape index (κ3) is 3.48. The molecule has 0 radical (unpaired) electrons. The third-order valence-corrected chi connectivity index (χ3v) is 2.97. The van der Waals surface area contributed by atoms with Gasteiger partial charge in [0.05, 0.1) is 6.61 Å². The summed E-state index contributed by atoms with van der Waals surface area (Å²) in [5, 5.41) is 11.1. The molecule has 2 rings (SSSR count). The first kappa shape index (κ1) is 14.3. The Morgan fingerprint density at radius 2 is 1.85 bits per heavy atom. The van der Waals surface area contributed by atoms with Gasteiger partial charge in [0.15, 0.2) is 0 Å². The second kappa shape index (κ2) is 6.91. The number of carbonyl (C=O) groups is 1. The van der Waals surface area contributed by atoms with Crippen LogP contribution in [-0.2, 0) is 4.74 Å². The van der Waals surface area contributed by atoms with E-state index < -0.39 is 5.97 Å². The molecule has 0 aliphatic rings. The molecule has 0 aliphatic heterocycles. The molecule has 1 N–H and O–H groups in total. The van der Waals surface area contributed by atoms with Crippen LogP contribution < -0.4 is 4.74 Å². The minimum atomic E-state index is -0.976. The lowest BCUT2D eigenvalue weighted by Gasteiger charge is -2.10. The van der Waals surface area contributed by atoms with Gasteiger partial charge in [-0.15, -0.1) is 0 Å². The van der Waals surface area contributed by atoms with Crippen LogP contribution in [0.1, 0.15) is 23.7 Å². The predicted octanol–water partition coefficient (Wildman–Crippen LogP) is 3.34. The average Bonchev–Trinajstić information content (AvgIpc) is 2.46. The second-order valence-electron chi connectivity index (χ2n) is 4.40. The highest BCUT2D eigenvalue weighted by Gasteiger charge is 2.12. The topological polar surface area (TPSA) is 55.8 Å². The molecule has 0 bridgehead atoms. The molecule has 106 valence electrons. The maximum atomic E-state index is 11.3. The molecule has 0 aliphatic carbocycles. The van der Waals surface area contributed by atoms with Gasteiger partial charge < -0.3 is 14.6 Å². The molecule has 0 heterocycles. The Morgan fingerprint density at radius 1 is 1.15 bits per heavy atom. The summed E-state index contributed by atoms with van der Waals surface area (Å²) >= 11 is 0. The van der Waals surface area contributed by atoms with Gasteiger partial charge >= 0.3 is 5.97 Å². The van der Waals surface area contributed by atoms with Crippen LogP contribution in [0.25, 0.3) is 10.8 Å². The quantitative estimate of drug-likeness (QED) is 0.787. The first-order valence-electron chi connectivity index (χ1n) is 6.69. The number of carboxylic acids is 1. The summed E-state index contributed by atoms with van der Waals surface area (Å²) in [6, 6.07) is 11.1. The number of hydrogen-bond acceptors (Lipinski definition) is 3. The van der Waals surface area contributed by atoms with Gasteiger partial charge in [0.1, 0.15) is 11.3 Å². The Balaban J connectivity index is 2.17. The van der Waals surface area contributed by atoms with Crippen LogP contribution >= 0.6 is 0 Å². The van der Waals surface area contributed by atoms with Gasteiger partial charge in [-0.1, -0.05) is 24.3 Å². The Morgan fingerprint density at radius 3 is 2.50 bits per heavy atom. The molecule has 0 unspecified atom stereocenters. The number of carboxylic acid groups (broad SMARTS) is 1. The maximum Gasteiger partial charge on any atom is 0.339 e. The fourth-order valence-electron chi connectivity index (χ4n) is 1.99. The standard InChI is InChI=1S/C16H18O4/c1-2-19-8-5-9-20-15-11-13-7-4-3-6-12(13)10-14(15)16(17)18/h3-4,6-7,10-11H,2,5,8-9H2,1H3,(H,17,18). The average molecular weight is 274 g/mol. The fourth-order valence-corrected chi connectivity index (χ4v) is 1.99. The minimum absolute atomic E-state index is 0.195. The van der Waals surface area contributed by atoms with Gasteiger partial charge in [-0.05, 0) is 29.8 Å². The van der Waals surface area contributed by atoms with Gasteiger partial charge in [0.25, 0.3) is 0 Å². The van der Waals surface area contributed by atoms with E-state index in [0.29, 0.717) is 25.6 Å². The zero-order valence-electron chi connectivity index (χ0n) is 11.5. The van der Waals surface area contributed by atoms with Crippen molar-refractivity contribution in [3.63, 3.8) is 0 Å². The van der Waals surface area contributed by atoms with E-state index in [2.05, 4.69) is 0 Å². The zero-order chi connectivity index (χ0) is 14.4. The molecule has 4 heteroatoms. The summed E-state index contributed by atoms with van der Waals surface area (Å²) in [5.41, 5.74) is 0.195. The Bertz CT molecular complexity index is 592. The number of benzene rings is 2. The van der Waals surface area contributed by atoms with Crippen LogP contribution in [-0.4, -0.2) is 30.9 Å². The molecule has 2 aromatic rings. The number of rotatable bonds is 7. The van der Waals surface area contributed by atoms with E-state index in [1.807, 2.05) is 31.2 Å². The van der Waals surface area contributed by atoms with Crippen molar-refractivity contribution >= 4 is 16.7 Å². The highest BCUT2D eigenvalue weighted by molar-refractivity contribution is 5.97. The number of ether oxygens (including phenoxy) is 2. The lowest BCUT2D eigenvalue weighted by atomic mass is 10.1. The van der Waals surface area contributed by atoms with E-state index in [4.69, 9.17) is 9.47 Å². The molecule has 0 saturated heterocycles. The normalized spacial score (nSPS) is 10.7. The lowest BCUT2D eigenvalue weighted by molar-refractivity contribution is 0.0691. The van der Waals surface area contributed by atoms with E-state index in [-0.39, 0.29) is 5.56 Å². The van der Waals surface area contributed by atoms with E-state index in [0.717, 1.165) is 17.2 Å². The highest BCUT2D eigenvalue weighted by Crippen LogP contribution is 2.26. The summed E-state index contributed by atoms with van der Waals surface area (Å²) in [7, 11) is 0. The SMILES string of the molecule is CCOCCCOc1cc2ccccc2cc1C(=O)O. The van der Waals surface area contributed by atoms with E-state index >= 15 is 0 Å². The summed E-state index contributed by atoms with van der Waals surface area (Å²) in [5.74, 6) is -0.566. The van der Waals surface area contributed by atoms with Crippen LogP contribution in [0.3, 0.4) is 0 Å². The minimum Gasteiger partial charge on any atom is -0.493 e. The van der Waals surface area contributed by atoms with Crippen molar-refractivity contribution in [2.45, 2.75) is 13.3 Å². The molecule has 0 fully saturated rings. The van der Waals surface area contributed by atoms with Crippen molar-refractivity contribution < 1.29 is 19.4 Å². The van der Waals surface area contributed by atoms with Crippen LogP contribution in [0.4, 0.5) is 0 Å². The number of aromatic carboxylic acids is 1. The van der Waals surface area contributed by atoms with Crippen molar-refractivity contribution in [3.8, 4) is 5.75 Å². The van der Waals surface area contributed by atoms with Crippen molar-refractivity contribution in [2.24, 2.45) is 0 Å². The van der Waals surface area contributed by atoms with Crippen LogP contribution in [0.15, 0.2) is 36.4 Å². The fraction of sp³-hybridized carbons (Fsp3) is 0.312. The number of fused-ring (bicyclic) bond motifs is 1. The van der Waals surface area contributed by atoms with E-state index in [9.17, 15) is 9.90 Å². The predicted molar refractivity (Wildman–Crippen MR) is 77.5 cm³/mol. The van der Waals surface area contributed by atoms with Crippen LogP contribution in [0.5, 0.6) is 5.75 Å². The van der Waals surface area contributed by atoms with Gasteiger partial charge in [0, 0.05) is 19.6 Å². The molecule has 0 aromatic heterocycles. The molecule has 4 nitrogen and oxygen atoms in total. The van der Waals surface area contributed by atoms with Crippen LogP contribution in [0, 0.1) is 0 Å². The third-order valence-electron chi connectivity index (χ3n) is 2.97. The molecular formula is C16H18O4. The molecular weight excluding hydrogens is 256 g/mol. The van der Waals surface area contributed by atoms with Crippen LogP contribution in [0.2, 0.25) is 0 Å². The largest absolute Gasteiger partial charge is 0.493 e. The Labute approximate surface area is 117 Å². The summed E-state index contributed by atoms with van der Waals surface area (Å²) in [6.45, 7) is 3.67. The Hall–Kier alpha value is -2.07. The van der Waals surface area contributed by atoms with Gasteiger partial charge in [-0.25, -0.2) is 4.79 Å². The lowest BCUT2D eigenvalue weighted by Crippen LogP contribution is -2.07. The summed E-state index contributed by atoms with van der Waals surface area (Å²) in [4.78, 5) is 11.3. The maximum absolute atomic E-state index is 11.3. The molecule has 0 saturated carbocycles. The molecule has 2 aromatic carbocycles.